The minimum atomic E-state index is -0.210. The highest BCUT2D eigenvalue weighted by atomic mass is 15.2. The third-order valence-electron chi connectivity index (χ3n) is 8.30. The Morgan fingerprint density at radius 1 is 0.923 bits per heavy atom. The van der Waals surface area contributed by atoms with Gasteiger partial charge in [-0.25, -0.2) is 15.0 Å². The molecule has 0 saturated heterocycles. The number of hydrogen-bond donors (Lipinski definition) is 2. The first-order valence-electron chi connectivity index (χ1n) is 13.4. The molecular formula is C32H27N7. The van der Waals surface area contributed by atoms with E-state index < -0.39 is 0 Å². The fourth-order valence-corrected chi connectivity index (χ4v) is 5.99. The third-order valence-corrected chi connectivity index (χ3v) is 8.30. The summed E-state index contributed by atoms with van der Waals surface area (Å²) in [5.74, 6) is 1.67. The highest BCUT2D eigenvalue weighted by Crippen LogP contribution is 2.45. The lowest BCUT2D eigenvalue weighted by atomic mass is 9.72. The smallest absolute Gasteiger partial charge is 0.154 e. The molecule has 8 rings (SSSR count). The van der Waals surface area contributed by atoms with Crippen molar-refractivity contribution in [3.05, 3.63) is 103 Å². The molecule has 1 fully saturated rings. The SMILES string of the molecule is Cc1cc2nccn2cc1-c1nc2n(c1-c1ccc(C3(N)CCC3)cc1)-c1cccnc1Nc1ccccc1-2. The lowest BCUT2D eigenvalue weighted by Gasteiger charge is -2.38. The van der Waals surface area contributed by atoms with Gasteiger partial charge in [-0.15, -0.1) is 0 Å². The third kappa shape index (κ3) is 3.30. The van der Waals surface area contributed by atoms with Crippen molar-refractivity contribution in [2.75, 3.05) is 5.32 Å². The van der Waals surface area contributed by atoms with Crippen molar-refractivity contribution < 1.29 is 0 Å². The molecule has 39 heavy (non-hydrogen) atoms. The topological polar surface area (TPSA) is 86.1 Å². The van der Waals surface area contributed by atoms with Crippen LogP contribution in [0.5, 0.6) is 0 Å². The molecule has 7 heteroatoms. The molecule has 190 valence electrons. The fraction of sp³-hybridized carbons (Fsp3) is 0.156. The molecule has 5 heterocycles. The molecule has 2 aliphatic rings. The number of para-hydroxylation sites is 1. The molecule has 3 N–H and O–H groups in total. The molecule has 6 aromatic rings. The Labute approximate surface area is 226 Å². The fourth-order valence-electron chi connectivity index (χ4n) is 5.99. The molecule has 1 aliphatic carbocycles. The summed E-state index contributed by atoms with van der Waals surface area (Å²) in [5.41, 5.74) is 16.7. The summed E-state index contributed by atoms with van der Waals surface area (Å²) in [6.45, 7) is 2.13. The monoisotopic (exact) mass is 509 g/mol. The standard InChI is InChI=1S/C32H27N7/c1-20-18-27-34-16-17-38(27)19-24(20)28-29(21-9-11-22(12-10-21)32(33)13-5-14-32)39-26-8-4-15-35-30(26)36-25-7-3-2-6-23(25)31(39)37-28/h2-4,6-12,15-19H,5,13-14,33H2,1H3,(H,35,36). The molecule has 0 bridgehead atoms. The van der Waals surface area contributed by atoms with Crippen molar-refractivity contribution in [3.8, 4) is 39.6 Å². The van der Waals surface area contributed by atoms with E-state index in [0.29, 0.717) is 0 Å². The molecule has 7 nitrogen and oxygen atoms in total. The predicted molar refractivity (Wildman–Crippen MR) is 154 cm³/mol. The predicted octanol–water partition coefficient (Wildman–Crippen LogP) is 6.62. The number of aromatic nitrogens is 5. The number of nitrogens with one attached hydrogen (secondary N) is 1. The van der Waals surface area contributed by atoms with Gasteiger partial charge >= 0.3 is 0 Å². The van der Waals surface area contributed by atoms with Gasteiger partial charge in [-0.05, 0) is 67.6 Å². The van der Waals surface area contributed by atoms with E-state index in [2.05, 4.69) is 87.0 Å². The maximum atomic E-state index is 6.68. The normalized spacial score (nSPS) is 15.0. The number of aryl methyl sites for hydroxylation is 1. The van der Waals surface area contributed by atoms with Gasteiger partial charge in [0.25, 0.3) is 0 Å². The summed E-state index contributed by atoms with van der Waals surface area (Å²) in [6, 6.07) is 23.3. The zero-order valence-electron chi connectivity index (χ0n) is 21.6. The largest absolute Gasteiger partial charge is 0.338 e. The van der Waals surface area contributed by atoms with Gasteiger partial charge < -0.3 is 15.5 Å². The average molecular weight is 510 g/mol. The quantitative estimate of drug-likeness (QED) is 0.280. The van der Waals surface area contributed by atoms with Crippen LogP contribution in [0.3, 0.4) is 0 Å². The van der Waals surface area contributed by atoms with Crippen LogP contribution in [0.2, 0.25) is 0 Å². The van der Waals surface area contributed by atoms with Gasteiger partial charge in [-0.3, -0.25) is 4.57 Å². The van der Waals surface area contributed by atoms with E-state index in [1.165, 1.54) is 12.0 Å². The van der Waals surface area contributed by atoms with Crippen LogP contribution in [0.1, 0.15) is 30.4 Å². The molecule has 1 saturated carbocycles. The van der Waals surface area contributed by atoms with E-state index in [-0.39, 0.29) is 5.54 Å². The summed E-state index contributed by atoms with van der Waals surface area (Å²) in [7, 11) is 0. The number of nitrogens with zero attached hydrogens (tertiary/aromatic N) is 5. The lowest BCUT2D eigenvalue weighted by molar-refractivity contribution is 0.253. The van der Waals surface area contributed by atoms with Crippen LogP contribution < -0.4 is 11.1 Å². The number of pyridine rings is 2. The van der Waals surface area contributed by atoms with Crippen LogP contribution in [-0.4, -0.2) is 23.9 Å². The zero-order chi connectivity index (χ0) is 26.1. The number of anilines is 2. The van der Waals surface area contributed by atoms with Crippen molar-refractivity contribution in [2.45, 2.75) is 31.7 Å². The Hall–Kier alpha value is -4.75. The highest BCUT2D eigenvalue weighted by Gasteiger charge is 2.34. The van der Waals surface area contributed by atoms with Gasteiger partial charge in [0.1, 0.15) is 11.5 Å². The maximum Gasteiger partial charge on any atom is 0.154 e. The van der Waals surface area contributed by atoms with Gasteiger partial charge in [0.15, 0.2) is 5.82 Å². The Balaban J connectivity index is 1.45. The van der Waals surface area contributed by atoms with E-state index in [9.17, 15) is 0 Å². The number of benzene rings is 2. The lowest BCUT2D eigenvalue weighted by Crippen LogP contribution is -2.43. The van der Waals surface area contributed by atoms with Crippen LogP contribution in [0.15, 0.2) is 91.5 Å². The van der Waals surface area contributed by atoms with Crippen molar-refractivity contribution in [1.82, 2.24) is 23.9 Å². The van der Waals surface area contributed by atoms with Gasteiger partial charge in [0.05, 0.1) is 22.8 Å². The second-order valence-corrected chi connectivity index (χ2v) is 10.7. The second kappa shape index (κ2) is 8.12. The minimum absolute atomic E-state index is 0.210. The Morgan fingerprint density at radius 3 is 2.59 bits per heavy atom. The van der Waals surface area contributed by atoms with Crippen molar-refractivity contribution >= 4 is 17.2 Å². The maximum absolute atomic E-state index is 6.68. The van der Waals surface area contributed by atoms with E-state index >= 15 is 0 Å². The molecule has 0 unspecified atom stereocenters. The van der Waals surface area contributed by atoms with Crippen LogP contribution in [0, 0.1) is 6.92 Å². The molecule has 0 spiro atoms. The Bertz CT molecular complexity index is 1890. The van der Waals surface area contributed by atoms with Gasteiger partial charge in [-0.2, -0.15) is 0 Å². The van der Waals surface area contributed by atoms with Crippen molar-refractivity contribution in [2.24, 2.45) is 5.73 Å². The average Bonchev–Trinajstić information content (AvgIpc) is 3.53. The number of nitrogens with two attached hydrogens (primary N) is 1. The first-order chi connectivity index (χ1) is 19.1. The number of hydrogen-bond acceptors (Lipinski definition) is 5. The van der Waals surface area contributed by atoms with Crippen LogP contribution >= 0.6 is 0 Å². The first-order valence-corrected chi connectivity index (χ1v) is 13.4. The van der Waals surface area contributed by atoms with Gasteiger partial charge in [-0.1, -0.05) is 36.4 Å². The molecular weight excluding hydrogens is 482 g/mol. The Kier molecular flexibility index (Phi) is 4.63. The summed E-state index contributed by atoms with van der Waals surface area (Å²) < 4.78 is 4.31. The molecule has 0 atom stereocenters. The van der Waals surface area contributed by atoms with Crippen molar-refractivity contribution in [1.29, 1.82) is 0 Å². The van der Waals surface area contributed by atoms with Crippen LogP contribution in [0.25, 0.3) is 45.2 Å². The molecule has 2 aromatic carbocycles. The van der Waals surface area contributed by atoms with Crippen LogP contribution in [-0.2, 0) is 5.54 Å². The second-order valence-electron chi connectivity index (χ2n) is 10.7. The molecule has 0 amide bonds. The number of rotatable bonds is 3. The summed E-state index contributed by atoms with van der Waals surface area (Å²) in [5, 5.41) is 3.55. The first kappa shape index (κ1) is 22.3. The molecule has 0 radical (unpaired) electrons. The van der Waals surface area contributed by atoms with Gasteiger partial charge in [0.2, 0.25) is 0 Å². The molecule has 1 aliphatic heterocycles. The summed E-state index contributed by atoms with van der Waals surface area (Å²) >= 11 is 0. The number of fused-ring (bicyclic) bond motifs is 6. The van der Waals surface area contributed by atoms with Crippen molar-refractivity contribution in [3.63, 3.8) is 0 Å². The summed E-state index contributed by atoms with van der Waals surface area (Å²) in [4.78, 5) is 14.6. The molecule has 4 aromatic heterocycles. The van der Waals surface area contributed by atoms with E-state index in [0.717, 1.165) is 75.1 Å². The van der Waals surface area contributed by atoms with E-state index in [1.807, 2.05) is 30.7 Å². The Morgan fingerprint density at radius 2 is 1.77 bits per heavy atom. The minimum Gasteiger partial charge on any atom is -0.338 e. The van der Waals surface area contributed by atoms with E-state index in [4.69, 9.17) is 15.7 Å². The number of imidazole rings is 2. The summed E-state index contributed by atoms with van der Waals surface area (Å²) in [6.07, 6.45) is 11.0. The highest BCUT2D eigenvalue weighted by molar-refractivity contribution is 5.91. The van der Waals surface area contributed by atoms with Gasteiger partial charge in [0, 0.05) is 47.0 Å². The van der Waals surface area contributed by atoms with E-state index in [1.54, 1.807) is 0 Å². The van der Waals surface area contributed by atoms with Crippen LogP contribution in [0.4, 0.5) is 11.5 Å². The zero-order valence-corrected chi connectivity index (χ0v) is 21.6.